The fraction of sp³-hybridized carbons (Fsp3) is 0.647. The number of ether oxygens (including phenoxy) is 1. The van der Waals surface area contributed by atoms with Gasteiger partial charge in [-0.1, -0.05) is 50.8 Å². The molecule has 0 bridgehead atoms. The van der Waals surface area contributed by atoms with Gasteiger partial charge in [0, 0.05) is 13.7 Å². The molecule has 0 aliphatic carbocycles. The van der Waals surface area contributed by atoms with E-state index in [1.165, 1.54) is 25.7 Å². The molecule has 5 heteroatoms. The van der Waals surface area contributed by atoms with Crippen LogP contribution in [0.15, 0.2) is 35.2 Å². The monoisotopic (exact) mass is 327 g/mol. The first-order valence-electron chi connectivity index (χ1n) is 8.17. The molecule has 0 aliphatic heterocycles. The largest absolute Gasteiger partial charge is 0.381 e. The average molecular weight is 327 g/mol. The number of hydrogen-bond acceptors (Lipinski definition) is 3. The first-order chi connectivity index (χ1) is 10.6. The minimum Gasteiger partial charge on any atom is -0.381 e. The number of sulfonamides is 1. The molecule has 0 heterocycles. The van der Waals surface area contributed by atoms with Crippen LogP contribution in [-0.2, 0) is 14.8 Å². The van der Waals surface area contributed by atoms with Crippen molar-refractivity contribution >= 4 is 10.0 Å². The molecule has 0 amide bonds. The summed E-state index contributed by atoms with van der Waals surface area (Å²) >= 11 is 0. The van der Waals surface area contributed by atoms with E-state index >= 15 is 0 Å². The molecule has 1 N–H and O–H groups in total. The molecule has 0 aromatic heterocycles. The van der Waals surface area contributed by atoms with Crippen molar-refractivity contribution in [3.63, 3.8) is 0 Å². The first-order valence-corrected chi connectivity index (χ1v) is 9.66. The van der Waals surface area contributed by atoms with Gasteiger partial charge in [0.15, 0.2) is 0 Å². The van der Waals surface area contributed by atoms with Gasteiger partial charge < -0.3 is 4.74 Å². The van der Waals surface area contributed by atoms with Crippen LogP contribution in [0.1, 0.15) is 51.9 Å². The molecule has 0 saturated heterocycles. The summed E-state index contributed by atoms with van der Waals surface area (Å²) in [7, 11) is -1.65. The van der Waals surface area contributed by atoms with E-state index in [-0.39, 0.29) is 6.10 Å². The normalized spacial score (nSPS) is 13.2. The van der Waals surface area contributed by atoms with Gasteiger partial charge in [-0.15, -0.1) is 0 Å². The Morgan fingerprint density at radius 3 is 2.36 bits per heavy atom. The molecule has 4 nitrogen and oxygen atoms in total. The molecule has 0 aliphatic rings. The highest BCUT2D eigenvalue weighted by atomic mass is 32.2. The summed E-state index contributed by atoms with van der Waals surface area (Å²) in [6.07, 6.45) is 7.91. The van der Waals surface area contributed by atoms with Crippen molar-refractivity contribution in [3.8, 4) is 0 Å². The third kappa shape index (κ3) is 7.38. The van der Waals surface area contributed by atoms with Gasteiger partial charge in [0.05, 0.1) is 11.0 Å². The number of benzene rings is 1. The minimum absolute atomic E-state index is 0.234. The fourth-order valence-corrected chi connectivity index (χ4v) is 3.49. The lowest BCUT2D eigenvalue weighted by Gasteiger charge is -2.15. The van der Waals surface area contributed by atoms with E-state index in [9.17, 15) is 8.42 Å². The summed E-state index contributed by atoms with van der Waals surface area (Å²) in [6.45, 7) is 2.65. The zero-order valence-corrected chi connectivity index (χ0v) is 14.6. The highest BCUT2D eigenvalue weighted by Gasteiger charge is 2.13. The zero-order chi connectivity index (χ0) is 16.3. The Hall–Kier alpha value is -0.910. The van der Waals surface area contributed by atoms with Crippen molar-refractivity contribution in [2.45, 2.75) is 62.9 Å². The van der Waals surface area contributed by atoms with Crippen molar-refractivity contribution in [1.82, 2.24) is 4.72 Å². The smallest absolute Gasteiger partial charge is 0.240 e. The van der Waals surface area contributed by atoms with E-state index in [0.717, 1.165) is 19.3 Å². The Labute approximate surface area is 135 Å². The van der Waals surface area contributed by atoms with Crippen molar-refractivity contribution in [2.75, 3.05) is 13.7 Å². The average Bonchev–Trinajstić information content (AvgIpc) is 2.54. The van der Waals surface area contributed by atoms with E-state index in [1.807, 2.05) is 0 Å². The number of nitrogens with one attached hydrogen (secondary N) is 1. The SMILES string of the molecule is CCCCCCC(CCCNS(=O)(=O)c1ccccc1)OC. The lowest BCUT2D eigenvalue weighted by Crippen LogP contribution is -2.25. The molecule has 0 fully saturated rings. The van der Waals surface area contributed by atoms with E-state index in [4.69, 9.17) is 4.74 Å². The van der Waals surface area contributed by atoms with Crippen LogP contribution in [0.4, 0.5) is 0 Å². The fourth-order valence-electron chi connectivity index (χ4n) is 2.40. The Bertz CT molecular complexity index is 488. The van der Waals surface area contributed by atoms with Crippen LogP contribution in [-0.4, -0.2) is 28.2 Å². The maximum absolute atomic E-state index is 12.0. The molecule has 126 valence electrons. The van der Waals surface area contributed by atoms with Gasteiger partial charge in [0.2, 0.25) is 10.0 Å². The zero-order valence-electron chi connectivity index (χ0n) is 13.8. The van der Waals surface area contributed by atoms with E-state index in [2.05, 4.69) is 11.6 Å². The second kappa shape index (κ2) is 10.8. The summed E-state index contributed by atoms with van der Waals surface area (Å²) in [5.74, 6) is 0. The molecule has 1 rings (SSSR count). The van der Waals surface area contributed by atoms with E-state index in [0.29, 0.717) is 11.4 Å². The Balaban J connectivity index is 2.25. The Kier molecular flexibility index (Phi) is 9.36. The molecule has 1 aromatic rings. The summed E-state index contributed by atoms with van der Waals surface area (Å²) in [5.41, 5.74) is 0. The maximum atomic E-state index is 12.0. The first kappa shape index (κ1) is 19.1. The third-order valence-electron chi connectivity index (χ3n) is 3.76. The Morgan fingerprint density at radius 2 is 1.73 bits per heavy atom. The molecule has 0 radical (unpaired) electrons. The second-order valence-corrected chi connectivity index (χ2v) is 7.33. The van der Waals surface area contributed by atoms with Crippen molar-refractivity contribution in [3.05, 3.63) is 30.3 Å². The van der Waals surface area contributed by atoms with Crippen LogP contribution in [0, 0.1) is 0 Å². The lowest BCUT2D eigenvalue weighted by atomic mass is 10.1. The molecule has 0 spiro atoms. The predicted molar refractivity (Wildman–Crippen MR) is 90.4 cm³/mol. The van der Waals surface area contributed by atoms with Crippen LogP contribution >= 0.6 is 0 Å². The highest BCUT2D eigenvalue weighted by molar-refractivity contribution is 7.89. The molecule has 1 atom stereocenters. The summed E-state index contributed by atoms with van der Waals surface area (Å²) in [4.78, 5) is 0.317. The Morgan fingerprint density at radius 1 is 1.05 bits per heavy atom. The highest BCUT2D eigenvalue weighted by Crippen LogP contribution is 2.12. The minimum atomic E-state index is -3.38. The van der Waals surface area contributed by atoms with Gasteiger partial charge in [-0.3, -0.25) is 0 Å². The van der Waals surface area contributed by atoms with Crippen molar-refractivity contribution < 1.29 is 13.2 Å². The van der Waals surface area contributed by atoms with Crippen molar-refractivity contribution in [1.29, 1.82) is 0 Å². The van der Waals surface area contributed by atoms with E-state index < -0.39 is 10.0 Å². The lowest BCUT2D eigenvalue weighted by molar-refractivity contribution is 0.0842. The van der Waals surface area contributed by atoms with Gasteiger partial charge in [0.1, 0.15) is 0 Å². The molecule has 1 aromatic carbocycles. The number of unbranched alkanes of at least 4 members (excludes halogenated alkanes) is 3. The van der Waals surface area contributed by atoms with Gasteiger partial charge in [-0.25, -0.2) is 13.1 Å². The molecule has 0 saturated carbocycles. The van der Waals surface area contributed by atoms with Gasteiger partial charge in [0.25, 0.3) is 0 Å². The quantitative estimate of drug-likeness (QED) is 0.595. The molecule has 1 unspecified atom stereocenters. The summed E-state index contributed by atoms with van der Waals surface area (Å²) in [6, 6.07) is 8.47. The number of rotatable bonds is 12. The van der Waals surface area contributed by atoms with Crippen LogP contribution in [0.5, 0.6) is 0 Å². The summed E-state index contributed by atoms with van der Waals surface area (Å²) in [5, 5.41) is 0. The summed E-state index contributed by atoms with van der Waals surface area (Å²) < 4.78 is 32.2. The van der Waals surface area contributed by atoms with E-state index in [1.54, 1.807) is 37.4 Å². The number of hydrogen-bond donors (Lipinski definition) is 1. The topological polar surface area (TPSA) is 55.4 Å². The van der Waals surface area contributed by atoms with Crippen LogP contribution in [0.2, 0.25) is 0 Å². The predicted octanol–water partition coefficient (Wildman–Crippen LogP) is 3.73. The second-order valence-electron chi connectivity index (χ2n) is 5.56. The van der Waals surface area contributed by atoms with Crippen LogP contribution in [0.25, 0.3) is 0 Å². The third-order valence-corrected chi connectivity index (χ3v) is 5.24. The van der Waals surface area contributed by atoms with Crippen LogP contribution < -0.4 is 4.72 Å². The van der Waals surface area contributed by atoms with Crippen LogP contribution in [0.3, 0.4) is 0 Å². The van der Waals surface area contributed by atoms with Crippen molar-refractivity contribution in [2.24, 2.45) is 0 Å². The maximum Gasteiger partial charge on any atom is 0.240 e. The van der Waals surface area contributed by atoms with Gasteiger partial charge in [-0.2, -0.15) is 0 Å². The van der Waals surface area contributed by atoms with Gasteiger partial charge >= 0.3 is 0 Å². The standard InChI is InChI=1S/C17H29NO3S/c1-3-4-5-7-11-16(21-2)12-10-15-18-22(19,20)17-13-8-6-9-14-17/h6,8-9,13-14,16,18H,3-5,7,10-12,15H2,1-2H3. The number of methoxy groups -OCH3 is 1. The molecule has 22 heavy (non-hydrogen) atoms. The van der Waals surface area contributed by atoms with Gasteiger partial charge in [-0.05, 0) is 31.4 Å². The molecular formula is C17H29NO3S. The molecular weight excluding hydrogens is 298 g/mol.